The van der Waals surface area contributed by atoms with Crippen LogP contribution in [0.2, 0.25) is 0 Å². The Balaban J connectivity index is 1.19. The van der Waals surface area contributed by atoms with Crippen molar-refractivity contribution in [3.05, 3.63) is 143 Å². The van der Waals surface area contributed by atoms with Crippen LogP contribution in [0.3, 0.4) is 0 Å². The van der Waals surface area contributed by atoms with Gasteiger partial charge in [-0.3, -0.25) is 9.59 Å². The highest BCUT2D eigenvalue weighted by molar-refractivity contribution is 5.96. The number of likely N-dealkylation sites (tertiary alicyclic amines) is 2. The molecular formula is C36H32F4N2O3. The summed E-state index contributed by atoms with van der Waals surface area (Å²) >= 11 is 0. The maximum atomic E-state index is 14.0. The predicted octanol–water partition coefficient (Wildman–Crippen LogP) is 5.94. The zero-order valence-electron chi connectivity index (χ0n) is 24.4. The highest BCUT2D eigenvalue weighted by Gasteiger charge is 2.50. The molecule has 232 valence electrons. The summed E-state index contributed by atoms with van der Waals surface area (Å²) in [6.45, 7) is 0.757. The molecule has 0 bridgehead atoms. The average molecular weight is 617 g/mol. The molecule has 6 rings (SSSR count). The molecule has 0 saturated carbocycles. The molecule has 0 radical (unpaired) electrons. The van der Waals surface area contributed by atoms with Gasteiger partial charge >= 0.3 is 0 Å². The maximum Gasteiger partial charge on any atom is 0.242 e. The Morgan fingerprint density at radius 1 is 0.689 bits per heavy atom. The molecule has 5 nitrogen and oxygen atoms in total. The predicted molar refractivity (Wildman–Crippen MR) is 160 cm³/mol. The van der Waals surface area contributed by atoms with Crippen molar-refractivity contribution in [2.24, 2.45) is 5.92 Å². The normalized spacial score (nSPS) is 17.1. The fourth-order valence-corrected chi connectivity index (χ4v) is 6.96. The van der Waals surface area contributed by atoms with Gasteiger partial charge in [0.25, 0.3) is 0 Å². The van der Waals surface area contributed by atoms with Gasteiger partial charge in [0.05, 0.1) is 6.54 Å². The molecule has 9 heteroatoms. The molecule has 1 N–H and O–H groups in total. The summed E-state index contributed by atoms with van der Waals surface area (Å²) in [6, 6.07) is 22.5. The highest BCUT2D eigenvalue weighted by atomic mass is 19.1. The van der Waals surface area contributed by atoms with Gasteiger partial charge in [0.2, 0.25) is 11.8 Å². The highest BCUT2D eigenvalue weighted by Crippen LogP contribution is 2.44. The first-order chi connectivity index (χ1) is 21.6. The molecular weight excluding hydrogens is 584 g/mol. The number of nitrogens with zero attached hydrogens (tertiary/aromatic N) is 2. The molecule has 0 aromatic heterocycles. The molecule has 0 unspecified atom stereocenters. The van der Waals surface area contributed by atoms with E-state index in [1.165, 1.54) is 77.7 Å². The Morgan fingerprint density at radius 2 is 1.09 bits per heavy atom. The van der Waals surface area contributed by atoms with E-state index in [1.54, 1.807) is 29.2 Å². The first-order valence-electron chi connectivity index (χ1n) is 14.9. The largest absolute Gasteiger partial charge is 0.380 e. The van der Waals surface area contributed by atoms with Crippen LogP contribution in [-0.2, 0) is 20.6 Å². The van der Waals surface area contributed by atoms with E-state index in [-0.39, 0.29) is 30.8 Å². The number of piperidine rings is 1. The quantitative estimate of drug-likeness (QED) is 0.262. The Labute approximate surface area is 258 Å². The molecule has 2 amide bonds. The zero-order valence-corrected chi connectivity index (χ0v) is 24.4. The lowest BCUT2D eigenvalue weighted by atomic mass is 9.72. The lowest BCUT2D eigenvalue weighted by Crippen LogP contribution is -2.49. The number of carbonyl (C=O) groups excluding carboxylic acids is 2. The van der Waals surface area contributed by atoms with Gasteiger partial charge in [0.1, 0.15) is 34.3 Å². The molecule has 2 heterocycles. The Morgan fingerprint density at radius 3 is 1.51 bits per heavy atom. The van der Waals surface area contributed by atoms with Crippen LogP contribution >= 0.6 is 0 Å². The molecule has 4 aromatic carbocycles. The smallest absolute Gasteiger partial charge is 0.242 e. The van der Waals surface area contributed by atoms with E-state index in [9.17, 15) is 32.3 Å². The first-order valence-corrected chi connectivity index (χ1v) is 14.9. The van der Waals surface area contributed by atoms with Crippen molar-refractivity contribution in [3.63, 3.8) is 0 Å². The molecule has 0 spiro atoms. The third-order valence-electron chi connectivity index (χ3n) is 9.42. The van der Waals surface area contributed by atoms with E-state index in [4.69, 9.17) is 0 Å². The second-order valence-electron chi connectivity index (χ2n) is 11.8. The minimum Gasteiger partial charge on any atom is -0.380 e. The van der Waals surface area contributed by atoms with Crippen LogP contribution in [0.4, 0.5) is 17.6 Å². The summed E-state index contributed by atoms with van der Waals surface area (Å²) in [5, 5.41) is 12.1. The minimum absolute atomic E-state index is 0.159. The third-order valence-corrected chi connectivity index (χ3v) is 9.42. The summed E-state index contributed by atoms with van der Waals surface area (Å²) in [7, 11) is 0. The maximum absolute atomic E-state index is 14.0. The van der Waals surface area contributed by atoms with Crippen molar-refractivity contribution in [2.45, 2.75) is 30.3 Å². The van der Waals surface area contributed by atoms with Crippen LogP contribution in [0.25, 0.3) is 0 Å². The fourth-order valence-electron chi connectivity index (χ4n) is 6.96. The zero-order chi connectivity index (χ0) is 31.8. The van der Waals surface area contributed by atoms with Crippen molar-refractivity contribution in [1.29, 1.82) is 0 Å². The Bertz CT molecular complexity index is 1580. The summed E-state index contributed by atoms with van der Waals surface area (Å²) < 4.78 is 55.1. The van der Waals surface area contributed by atoms with E-state index in [0.717, 1.165) is 0 Å². The van der Waals surface area contributed by atoms with E-state index in [1.807, 2.05) is 0 Å². The SMILES string of the molecule is O=C(CN1CCC(c2ccc(F)cc2)(c2ccc(F)cc2)C1=O)N1CCC(C(O)(c2ccc(F)cc2)c2ccc(F)cc2)CC1. The molecule has 2 fully saturated rings. The average Bonchev–Trinajstić information content (AvgIpc) is 3.38. The molecule has 45 heavy (non-hydrogen) atoms. The first kappa shape index (κ1) is 30.5. The second kappa shape index (κ2) is 12.1. The van der Waals surface area contributed by atoms with Gasteiger partial charge in [-0.1, -0.05) is 48.5 Å². The van der Waals surface area contributed by atoms with Gasteiger partial charge in [0, 0.05) is 19.6 Å². The molecule has 0 aliphatic carbocycles. The molecule has 2 saturated heterocycles. The van der Waals surface area contributed by atoms with Crippen molar-refractivity contribution >= 4 is 11.8 Å². The summed E-state index contributed by atoms with van der Waals surface area (Å²) in [5.74, 6) is -2.69. The van der Waals surface area contributed by atoms with E-state index in [0.29, 0.717) is 54.6 Å². The summed E-state index contributed by atoms with van der Waals surface area (Å²) in [6.07, 6.45) is 1.17. The van der Waals surface area contributed by atoms with Crippen LogP contribution in [0.1, 0.15) is 41.5 Å². The fraction of sp³-hybridized carbons (Fsp3) is 0.278. The van der Waals surface area contributed by atoms with Crippen LogP contribution in [0.15, 0.2) is 97.1 Å². The summed E-state index contributed by atoms with van der Waals surface area (Å²) in [4.78, 5) is 30.7. The van der Waals surface area contributed by atoms with Crippen LogP contribution in [0, 0.1) is 29.2 Å². The number of amides is 2. The van der Waals surface area contributed by atoms with Gasteiger partial charge in [-0.2, -0.15) is 0 Å². The van der Waals surface area contributed by atoms with Crippen molar-refractivity contribution in [3.8, 4) is 0 Å². The number of carbonyl (C=O) groups is 2. The van der Waals surface area contributed by atoms with Crippen LogP contribution < -0.4 is 0 Å². The molecule has 4 aromatic rings. The van der Waals surface area contributed by atoms with E-state index >= 15 is 0 Å². The number of hydrogen-bond acceptors (Lipinski definition) is 3. The number of hydrogen-bond donors (Lipinski definition) is 1. The standard InChI is InChI=1S/C36H32F4N2O3/c37-29-9-1-24(2-10-29)35(25-3-11-30(38)12-4-25)19-22-42(34(35)44)23-33(43)41-20-17-28(18-21-41)36(45,26-5-13-31(39)14-6-26)27-7-15-32(40)16-8-27/h1-16,28,45H,17-23H2. The topological polar surface area (TPSA) is 60.9 Å². The number of halogens is 4. The van der Waals surface area contributed by atoms with Crippen molar-refractivity contribution in [1.82, 2.24) is 9.80 Å². The second-order valence-corrected chi connectivity index (χ2v) is 11.8. The van der Waals surface area contributed by atoms with Gasteiger partial charge in [-0.15, -0.1) is 0 Å². The minimum atomic E-state index is -1.54. The number of rotatable bonds is 7. The Hall–Kier alpha value is -4.50. The van der Waals surface area contributed by atoms with Crippen LogP contribution in [0.5, 0.6) is 0 Å². The number of benzene rings is 4. The van der Waals surface area contributed by atoms with Crippen molar-refractivity contribution < 1.29 is 32.3 Å². The van der Waals surface area contributed by atoms with E-state index in [2.05, 4.69) is 0 Å². The third kappa shape index (κ3) is 5.61. The molecule has 0 atom stereocenters. The molecule has 2 aliphatic heterocycles. The van der Waals surface area contributed by atoms with Gasteiger partial charge < -0.3 is 14.9 Å². The molecule has 2 aliphatic rings. The van der Waals surface area contributed by atoms with Gasteiger partial charge in [0.15, 0.2) is 0 Å². The van der Waals surface area contributed by atoms with Gasteiger partial charge in [-0.25, -0.2) is 17.6 Å². The van der Waals surface area contributed by atoms with Gasteiger partial charge in [-0.05, 0) is 96.0 Å². The van der Waals surface area contributed by atoms with Crippen LogP contribution in [-0.4, -0.2) is 52.9 Å². The lowest BCUT2D eigenvalue weighted by Gasteiger charge is -2.42. The number of aliphatic hydroxyl groups is 1. The van der Waals surface area contributed by atoms with E-state index < -0.39 is 34.3 Å². The Kier molecular flexibility index (Phi) is 8.22. The monoisotopic (exact) mass is 616 g/mol. The summed E-state index contributed by atoms with van der Waals surface area (Å²) in [5.41, 5.74) is -0.642. The van der Waals surface area contributed by atoms with Crippen molar-refractivity contribution in [2.75, 3.05) is 26.2 Å². The lowest BCUT2D eigenvalue weighted by molar-refractivity contribution is -0.141.